The molecule has 5 heteroatoms. The first-order valence-electron chi connectivity index (χ1n) is 7.62. The molecule has 4 N–H and O–H groups in total. The van der Waals surface area contributed by atoms with Crippen LogP contribution in [0.2, 0.25) is 0 Å². The minimum atomic E-state index is -0.0326. The lowest BCUT2D eigenvalue weighted by Gasteiger charge is -2.11. The molecule has 0 unspecified atom stereocenters. The van der Waals surface area contributed by atoms with Gasteiger partial charge in [0, 0.05) is 18.1 Å². The van der Waals surface area contributed by atoms with Crippen molar-refractivity contribution in [1.82, 2.24) is 0 Å². The highest BCUT2D eigenvalue weighted by molar-refractivity contribution is 6.04. The summed E-state index contributed by atoms with van der Waals surface area (Å²) in [5.41, 5.74) is 2.84. The zero-order chi connectivity index (χ0) is 16.8. The van der Waals surface area contributed by atoms with Crippen molar-refractivity contribution in [3.05, 3.63) is 53.1 Å². The van der Waals surface area contributed by atoms with E-state index in [1.807, 2.05) is 38.1 Å². The monoisotopic (exact) mass is 314 g/mol. The number of rotatable bonds is 6. The van der Waals surface area contributed by atoms with Crippen LogP contribution in [0.1, 0.15) is 30.5 Å². The standard InChI is InChI=1S/C18H22N2O3/c1-3-13-10-15(18(22)11-17(13)21)16(20-19)9-12-5-7-14(8-6-12)23-4-2/h5-8,10-11,21-22H,3-4,9,19H2,1-2H3/b20-16-. The Labute approximate surface area is 136 Å². The minimum absolute atomic E-state index is 0.0326. The first-order valence-corrected chi connectivity index (χ1v) is 7.62. The number of aromatic hydroxyl groups is 2. The predicted octanol–water partition coefficient (Wildman–Crippen LogP) is 2.96. The van der Waals surface area contributed by atoms with Crippen molar-refractivity contribution in [1.29, 1.82) is 0 Å². The molecule has 5 nitrogen and oxygen atoms in total. The lowest BCUT2D eigenvalue weighted by Crippen LogP contribution is -2.09. The molecule has 0 saturated heterocycles. The molecule has 0 aliphatic heterocycles. The van der Waals surface area contributed by atoms with Gasteiger partial charge in [-0.3, -0.25) is 0 Å². The molecule has 0 heterocycles. The fourth-order valence-corrected chi connectivity index (χ4v) is 2.41. The fourth-order valence-electron chi connectivity index (χ4n) is 2.41. The maximum atomic E-state index is 10.1. The fraction of sp³-hybridized carbons (Fsp3) is 0.278. The van der Waals surface area contributed by atoms with Crippen LogP contribution in [0.3, 0.4) is 0 Å². The zero-order valence-corrected chi connectivity index (χ0v) is 13.4. The Morgan fingerprint density at radius 1 is 1.09 bits per heavy atom. The largest absolute Gasteiger partial charge is 0.508 e. The second-order valence-corrected chi connectivity index (χ2v) is 5.18. The van der Waals surface area contributed by atoms with Crippen LogP contribution in [0, 0.1) is 0 Å². The maximum absolute atomic E-state index is 10.1. The Morgan fingerprint density at radius 2 is 1.78 bits per heavy atom. The number of hydrogen-bond donors (Lipinski definition) is 3. The predicted molar refractivity (Wildman–Crippen MR) is 91.2 cm³/mol. The number of benzene rings is 2. The van der Waals surface area contributed by atoms with Gasteiger partial charge in [-0.25, -0.2) is 0 Å². The van der Waals surface area contributed by atoms with Crippen molar-refractivity contribution in [2.45, 2.75) is 26.7 Å². The van der Waals surface area contributed by atoms with Crippen molar-refractivity contribution in [3.8, 4) is 17.2 Å². The number of aryl methyl sites for hydroxylation is 1. The SMILES string of the molecule is CCOc1ccc(C/C(=N/N)c2cc(CC)c(O)cc2O)cc1. The van der Waals surface area contributed by atoms with E-state index < -0.39 is 0 Å². The van der Waals surface area contributed by atoms with Crippen LogP contribution in [0.15, 0.2) is 41.5 Å². The molecule has 23 heavy (non-hydrogen) atoms. The van der Waals surface area contributed by atoms with Crippen LogP contribution < -0.4 is 10.6 Å². The van der Waals surface area contributed by atoms with E-state index in [1.165, 1.54) is 6.07 Å². The highest BCUT2D eigenvalue weighted by Crippen LogP contribution is 2.29. The van der Waals surface area contributed by atoms with Crippen LogP contribution in [-0.2, 0) is 12.8 Å². The molecular formula is C18H22N2O3. The summed E-state index contributed by atoms with van der Waals surface area (Å²) >= 11 is 0. The lowest BCUT2D eigenvalue weighted by atomic mass is 9.98. The molecule has 0 radical (unpaired) electrons. The molecule has 2 aromatic carbocycles. The Morgan fingerprint density at radius 3 is 2.35 bits per heavy atom. The summed E-state index contributed by atoms with van der Waals surface area (Å²) in [4.78, 5) is 0. The van der Waals surface area contributed by atoms with Gasteiger partial charge in [-0.05, 0) is 42.7 Å². The third-order valence-electron chi connectivity index (χ3n) is 3.65. The van der Waals surface area contributed by atoms with Crippen molar-refractivity contribution < 1.29 is 14.9 Å². The van der Waals surface area contributed by atoms with Crippen molar-refractivity contribution in [2.24, 2.45) is 10.9 Å². The van der Waals surface area contributed by atoms with Gasteiger partial charge in [0.2, 0.25) is 0 Å². The number of nitrogens with zero attached hydrogens (tertiary/aromatic N) is 1. The molecule has 0 spiro atoms. The topological polar surface area (TPSA) is 88.1 Å². The molecule has 0 aliphatic carbocycles. The molecular weight excluding hydrogens is 292 g/mol. The second-order valence-electron chi connectivity index (χ2n) is 5.18. The smallest absolute Gasteiger partial charge is 0.128 e. The Balaban J connectivity index is 2.27. The second kappa shape index (κ2) is 7.54. The molecule has 0 aliphatic rings. The number of hydrazone groups is 1. The van der Waals surface area contributed by atoms with Crippen molar-refractivity contribution in [2.75, 3.05) is 6.61 Å². The Kier molecular flexibility index (Phi) is 5.46. The Hall–Kier alpha value is -2.69. The van der Waals surface area contributed by atoms with Gasteiger partial charge in [0.1, 0.15) is 17.2 Å². The van der Waals surface area contributed by atoms with Gasteiger partial charge in [0.15, 0.2) is 0 Å². The molecule has 0 atom stereocenters. The first kappa shape index (κ1) is 16.7. The van der Waals surface area contributed by atoms with Crippen molar-refractivity contribution >= 4 is 5.71 Å². The van der Waals surface area contributed by atoms with Gasteiger partial charge in [-0.1, -0.05) is 19.1 Å². The van der Waals surface area contributed by atoms with E-state index in [9.17, 15) is 10.2 Å². The number of ether oxygens (including phenoxy) is 1. The van der Waals surface area contributed by atoms with Gasteiger partial charge < -0.3 is 20.8 Å². The van der Waals surface area contributed by atoms with E-state index >= 15 is 0 Å². The highest BCUT2D eigenvalue weighted by atomic mass is 16.5. The summed E-state index contributed by atoms with van der Waals surface area (Å²) in [6.45, 7) is 4.49. The number of hydrogen-bond acceptors (Lipinski definition) is 5. The van der Waals surface area contributed by atoms with E-state index in [1.54, 1.807) is 6.07 Å². The summed E-state index contributed by atoms with van der Waals surface area (Å²) < 4.78 is 5.42. The Bertz CT molecular complexity index is 694. The van der Waals surface area contributed by atoms with E-state index in [-0.39, 0.29) is 11.5 Å². The summed E-state index contributed by atoms with van der Waals surface area (Å²) in [6.07, 6.45) is 1.13. The normalized spacial score (nSPS) is 11.5. The van der Waals surface area contributed by atoms with Crippen LogP contribution in [0.5, 0.6) is 17.2 Å². The van der Waals surface area contributed by atoms with Gasteiger partial charge in [0.25, 0.3) is 0 Å². The molecule has 0 amide bonds. The molecule has 2 rings (SSSR count). The van der Waals surface area contributed by atoms with Gasteiger partial charge >= 0.3 is 0 Å². The average Bonchev–Trinajstić information content (AvgIpc) is 2.55. The van der Waals surface area contributed by atoms with E-state index in [0.717, 1.165) is 16.9 Å². The first-order chi connectivity index (χ1) is 11.1. The summed E-state index contributed by atoms with van der Waals surface area (Å²) in [6, 6.07) is 10.7. The molecule has 0 aromatic heterocycles. The third-order valence-corrected chi connectivity index (χ3v) is 3.65. The summed E-state index contributed by atoms with van der Waals surface area (Å²) in [5.74, 6) is 6.37. The molecule has 0 bridgehead atoms. The maximum Gasteiger partial charge on any atom is 0.128 e. The zero-order valence-electron chi connectivity index (χ0n) is 13.4. The van der Waals surface area contributed by atoms with Crippen LogP contribution >= 0.6 is 0 Å². The van der Waals surface area contributed by atoms with Crippen molar-refractivity contribution in [3.63, 3.8) is 0 Å². The third kappa shape index (κ3) is 3.94. The van der Waals surface area contributed by atoms with Gasteiger partial charge in [-0.15, -0.1) is 0 Å². The summed E-state index contributed by atoms with van der Waals surface area (Å²) in [5, 5.41) is 23.7. The van der Waals surface area contributed by atoms with E-state index in [0.29, 0.717) is 30.7 Å². The number of nitrogens with two attached hydrogens (primary N) is 1. The van der Waals surface area contributed by atoms with Crippen LogP contribution in [0.25, 0.3) is 0 Å². The van der Waals surface area contributed by atoms with Gasteiger partial charge in [0.05, 0.1) is 12.3 Å². The minimum Gasteiger partial charge on any atom is -0.508 e. The highest BCUT2D eigenvalue weighted by Gasteiger charge is 2.14. The number of phenolic OH excluding ortho intramolecular Hbond substituents is 2. The number of phenols is 2. The molecule has 0 saturated carbocycles. The van der Waals surface area contributed by atoms with E-state index in [2.05, 4.69) is 5.10 Å². The van der Waals surface area contributed by atoms with E-state index in [4.69, 9.17) is 10.6 Å². The molecule has 2 aromatic rings. The molecule has 122 valence electrons. The summed E-state index contributed by atoms with van der Waals surface area (Å²) in [7, 11) is 0. The average molecular weight is 314 g/mol. The van der Waals surface area contributed by atoms with Crippen LogP contribution in [0.4, 0.5) is 0 Å². The van der Waals surface area contributed by atoms with Crippen LogP contribution in [-0.4, -0.2) is 22.5 Å². The quantitative estimate of drug-likeness (QED) is 0.434. The molecule has 0 fully saturated rings. The van der Waals surface area contributed by atoms with Gasteiger partial charge in [-0.2, -0.15) is 5.10 Å². The lowest BCUT2D eigenvalue weighted by molar-refractivity contribution is 0.340.